The first-order chi connectivity index (χ1) is 14.8. The molecule has 0 aromatic rings. The van der Waals surface area contributed by atoms with Crippen LogP contribution in [0.15, 0.2) is 0 Å². The number of hydrogen-bond donors (Lipinski definition) is 1. The van der Waals surface area contributed by atoms with Gasteiger partial charge in [0.2, 0.25) is 23.6 Å². The fourth-order valence-electron chi connectivity index (χ4n) is 7.13. The SMILES string of the molecule is CC1CCCC(N2C(=O)C3CCC(C(=O)C4CCC5C(=O)NC(=O)C5C4)CC3C2=O)C1. The number of rotatable bonds is 3. The maximum atomic E-state index is 13.3. The van der Waals surface area contributed by atoms with Crippen LogP contribution in [-0.4, -0.2) is 40.4 Å². The highest BCUT2D eigenvalue weighted by molar-refractivity contribution is 6.06. The van der Waals surface area contributed by atoms with E-state index >= 15 is 0 Å². The highest BCUT2D eigenvalue weighted by Gasteiger charge is 2.54. The number of likely N-dealkylation sites (tertiary alicyclic amines) is 1. The molecule has 5 rings (SSSR count). The summed E-state index contributed by atoms with van der Waals surface area (Å²) in [6, 6.07) is 0.0252. The lowest BCUT2D eigenvalue weighted by Crippen LogP contribution is -2.43. The maximum Gasteiger partial charge on any atom is 0.233 e. The van der Waals surface area contributed by atoms with E-state index in [2.05, 4.69) is 12.2 Å². The number of Topliss-reactive ketones (excluding diaryl/α,β-unsaturated/α-hetero) is 1. The van der Waals surface area contributed by atoms with Gasteiger partial charge in [-0.25, -0.2) is 0 Å². The highest BCUT2D eigenvalue weighted by atomic mass is 16.2. The van der Waals surface area contributed by atoms with Crippen molar-refractivity contribution in [3.05, 3.63) is 0 Å². The Kier molecular flexibility index (Phi) is 5.25. The zero-order valence-corrected chi connectivity index (χ0v) is 18.2. The van der Waals surface area contributed by atoms with Crippen molar-refractivity contribution in [1.29, 1.82) is 0 Å². The molecule has 2 saturated heterocycles. The minimum atomic E-state index is -0.384. The molecule has 2 heterocycles. The molecule has 8 atom stereocenters. The van der Waals surface area contributed by atoms with Gasteiger partial charge >= 0.3 is 0 Å². The van der Waals surface area contributed by atoms with Crippen LogP contribution in [0.25, 0.3) is 0 Å². The van der Waals surface area contributed by atoms with Crippen LogP contribution in [0.2, 0.25) is 0 Å². The number of imide groups is 2. The highest BCUT2D eigenvalue weighted by Crippen LogP contribution is 2.46. The first kappa shape index (κ1) is 20.8. The standard InChI is InChI=1S/C24H32N2O5/c1-12-3-2-4-15(9-12)26-23(30)17-8-6-14(11-19(17)24(26)31)20(27)13-5-7-16-18(10-13)22(29)25-21(16)28/h12-19H,2-11H2,1H3,(H,25,28,29). The molecule has 8 unspecified atom stereocenters. The van der Waals surface area contributed by atoms with E-state index < -0.39 is 0 Å². The second kappa shape index (κ2) is 7.82. The molecule has 31 heavy (non-hydrogen) atoms. The van der Waals surface area contributed by atoms with Gasteiger partial charge in [-0.1, -0.05) is 19.8 Å². The zero-order valence-electron chi connectivity index (χ0n) is 18.2. The van der Waals surface area contributed by atoms with Gasteiger partial charge in [0, 0.05) is 17.9 Å². The van der Waals surface area contributed by atoms with Crippen LogP contribution < -0.4 is 5.32 Å². The largest absolute Gasteiger partial charge is 0.299 e. The summed E-state index contributed by atoms with van der Waals surface area (Å²) >= 11 is 0. The van der Waals surface area contributed by atoms with Crippen LogP contribution in [0.1, 0.15) is 71.1 Å². The minimum absolute atomic E-state index is 0.0124. The third kappa shape index (κ3) is 3.44. The van der Waals surface area contributed by atoms with Crippen molar-refractivity contribution >= 4 is 29.4 Å². The Bertz CT molecular complexity index is 838. The molecular formula is C24H32N2O5. The summed E-state index contributed by atoms with van der Waals surface area (Å²) in [5.74, 6) is -1.58. The molecule has 7 heteroatoms. The van der Waals surface area contributed by atoms with Gasteiger partial charge in [0.1, 0.15) is 5.78 Å². The van der Waals surface area contributed by atoms with Crippen molar-refractivity contribution in [1.82, 2.24) is 10.2 Å². The Morgan fingerprint density at radius 1 is 0.742 bits per heavy atom. The lowest BCUT2D eigenvalue weighted by Gasteiger charge is -2.33. The number of nitrogens with zero attached hydrogens (tertiary/aromatic N) is 1. The molecule has 3 saturated carbocycles. The summed E-state index contributed by atoms with van der Waals surface area (Å²) in [5, 5.41) is 2.40. The number of fused-ring (bicyclic) bond motifs is 2. The fourth-order valence-corrected chi connectivity index (χ4v) is 7.13. The van der Waals surface area contributed by atoms with Crippen molar-refractivity contribution in [3.8, 4) is 0 Å². The summed E-state index contributed by atoms with van der Waals surface area (Å²) in [4.78, 5) is 65.1. The Balaban J connectivity index is 1.25. The monoisotopic (exact) mass is 428 g/mol. The third-order valence-electron chi connectivity index (χ3n) is 8.81. The van der Waals surface area contributed by atoms with Crippen molar-refractivity contribution < 1.29 is 24.0 Å². The zero-order chi connectivity index (χ0) is 21.9. The molecule has 2 aliphatic heterocycles. The van der Waals surface area contributed by atoms with E-state index in [-0.39, 0.29) is 71.0 Å². The van der Waals surface area contributed by atoms with Gasteiger partial charge in [-0.2, -0.15) is 0 Å². The van der Waals surface area contributed by atoms with E-state index in [4.69, 9.17) is 0 Å². The summed E-state index contributed by atoms with van der Waals surface area (Å²) in [5.41, 5.74) is 0. The second-order valence-corrected chi connectivity index (χ2v) is 10.7. The third-order valence-corrected chi connectivity index (χ3v) is 8.81. The van der Waals surface area contributed by atoms with Crippen LogP contribution in [0.4, 0.5) is 0 Å². The lowest BCUT2D eigenvalue weighted by atomic mass is 9.67. The van der Waals surface area contributed by atoms with Crippen LogP contribution >= 0.6 is 0 Å². The summed E-state index contributed by atoms with van der Waals surface area (Å²) < 4.78 is 0. The summed E-state index contributed by atoms with van der Waals surface area (Å²) in [6.45, 7) is 2.19. The van der Waals surface area contributed by atoms with Crippen LogP contribution in [0, 0.1) is 41.4 Å². The van der Waals surface area contributed by atoms with E-state index in [0.29, 0.717) is 44.4 Å². The average Bonchev–Trinajstić information content (AvgIpc) is 3.19. The summed E-state index contributed by atoms with van der Waals surface area (Å²) in [7, 11) is 0. The molecule has 5 fully saturated rings. The van der Waals surface area contributed by atoms with Gasteiger partial charge in [-0.3, -0.25) is 34.2 Å². The van der Waals surface area contributed by atoms with Crippen molar-refractivity contribution in [2.45, 2.75) is 77.2 Å². The van der Waals surface area contributed by atoms with E-state index in [1.807, 2.05) is 0 Å². The molecule has 168 valence electrons. The number of ketones is 1. The minimum Gasteiger partial charge on any atom is -0.299 e. The van der Waals surface area contributed by atoms with Gasteiger partial charge in [0.25, 0.3) is 0 Å². The first-order valence-corrected chi connectivity index (χ1v) is 12.1. The molecule has 0 spiro atoms. The van der Waals surface area contributed by atoms with E-state index in [9.17, 15) is 24.0 Å². The number of nitrogens with one attached hydrogen (secondary N) is 1. The molecule has 0 aromatic heterocycles. The molecule has 0 bridgehead atoms. The Morgan fingerprint density at radius 2 is 1.35 bits per heavy atom. The second-order valence-electron chi connectivity index (χ2n) is 10.7. The first-order valence-electron chi connectivity index (χ1n) is 12.1. The number of carbonyl (C=O) groups excluding carboxylic acids is 5. The molecular weight excluding hydrogens is 396 g/mol. The number of amides is 4. The molecule has 5 aliphatic rings. The quantitative estimate of drug-likeness (QED) is 0.695. The van der Waals surface area contributed by atoms with Crippen LogP contribution in [0.5, 0.6) is 0 Å². The molecule has 7 nitrogen and oxygen atoms in total. The Morgan fingerprint density at radius 3 is 2.06 bits per heavy atom. The van der Waals surface area contributed by atoms with Crippen molar-refractivity contribution in [2.75, 3.05) is 0 Å². The van der Waals surface area contributed by atoms with Crippen LogP contribution in [0.3, 0.4) is 0 Å². The lowest BCUT2D eigenvalue weighted by molar-refractivity contribution is -0.143. The molecule has 0 radical (unpaired) electrons. The molecule has 1 N–H and O–H groups in total. The topological polar surface area (TPSA) is 101 Å². The molecule has 0 aromatic carbocycles. The predicted octanol–water partition coefficient (Wildman–Crippen LogP) is 2.22. The van der Waals surface area contributed by atoms with E-state index in [1.54, 1.807) is 4.90 Å². The fraction of sp³-hybridized carbons (Fsp3) is 0.792. The van der Waals surface area contributed by atoms with Gasteiger partial charge < -0.3 is 0 Å². The van der Waals surface area contributed by atoms with Crippen LogP contribution in [-0.2, 0) is 24.0 Å². The Hall–Kier alpha value is -2.05. The normalized spacial score (nSPS) is 42.9. The van der Waals surface area contributed by atoms with E-state index in [0.717, 1.165) is 25.7 Å². The van der Waals surface area contributed by atoms with Crippen molar-refractivity contribution in [2.24, 2.45) is 41.4 Å². The van der Waals surface area contributed by atoms with Gasteiger partial charge in [-0.05, 0) is 57.3 Å². The number of hydrogen-bond acceptors (Lipinski definition) is 5. The van der Waals surface area contributed by atoms with Gasteiger partial charge in [-0.15, -0.1) is 0 Å². The number of carbonyl (C=O) groups is 5. The average molecular weight is 429 g/mol. The smallest absolute Gasteiger partial charge is 0.233 e. The maximum absolute atomic E-state index is 13.3. The summed E-state index contributed by atoms with van der Waals surface area (Å²) in [6.07, 6.45) is 7.34. The van der Waals surface area contributed by atoms with Gasteiger partial charge in [0.05, 0.1) is 23.7 Å². The van der Waals surface area contributed by atoms with Crippen molar-refractivity contribution in [3.63, 3.8) is 0 Å². The molecule has 4 amide bonds. The van der Waals surface area contributed by atoms with E-state index in [1.165, 1.54) is 0 Å². The molecule has 3 aliphatic carbocycles. The Labute approximate surface area is 182 Å². The van der Waals surface area contributed by atoms with Gasteiger partial charge in [0.15, 0.2) is 0 Å². The predicted molar refractivity (Wildman–Crippen MR) is 110 cm³/mol.